The summed E-state index contributed by atoms with van der Waals surface area (Å²) in [5, 5.41) is 2.30. The number of ether oxygens (including phenoxy) is 2. The number of benzene rings is 2. The fraction of sp³-hybridized carbons (Fsp3) is 0.364. The minimum atomic E-state index is -4.57. The molecule has 3 rings (SSSR count). The van der Waals surface area contributed by atoms with Crippen LogP contribution in [0.15, 0.2) is 48.5 Å². The van der Waals surface area contributed by atoms with E-state index in [4.69, 9.17) is 9.47 Å². The zero-order chi connectivity index (χ0) is 22.4. The number of hydrogen-bond donors (Lipinski definition) is 1. The molecule has 1 saturated carbocycles. The van der Waals surface area contributed by atoms with E-state index in [2.05, 4.69) is 5.32 Å². The van der Waals surface area contributed by atoms with Crippen molar-refractivity contribution in [2.75, 3.05) is 25.6 Å². The van der Waals surface area contributed by atoms with E-state index in [0.717, 1.165) is 18.9 Å². The monoisotopic (exact) mass is 436 g/mol. The van der Waals surface area contributed by atoms with Crippen LogP contribution in [0.2, 0.25) is 0 Å². The van der Waals surface area contributed by atoms with Crippen LogP contribution in [0, 0.1) is 0 Å². The normalized spacial score (nSPS) is 13.4. The van der Waals surface area contributed by atoms with Crippen LogP contribution in [0.5, 0.6) is 11.5 Å². The molecule has 1 aliphatic rings. The second-order valence-corrected chi connectivity index (χ2v) is 7.10. The summed E-state index contributed by atoms with van der Waals surface area (Å²) in [4.78, 5) is 26.4. The number of methoxy groups -OCH3 is 1. The maximum absolute atomic E-state index is 13.1. The summed E-state index contributed by atoms with van der Waals surface area (Å²) in [5.41, 5.74) is -1.22. The van der Waals surface area contributed by atoms with Gasteiger partial charge in [-0.05, 0) is 37.1 Å². The number of amides is 2. The van der Waals surface area contributed by atoms with E-state index >= 15 is 0 Å². The SMILES string of the molecule is COc1ccccc1OCC(=O)N(CCC(=O)Nc1ccccc1C(F)(F)F)C1CC1. The summed E-state index contributed by atoms with van der Waals surface area (Å²) >= 11 is 0. The van der Waals surface area contributed by atoms with E-state index < -0.39 is 17.6 Å². The largest absolute Gasteiger partial charge is 0.493 e. The second-order valence-electron chi connectivity index (χ2n) is 7.10. The number of para-hydroxylation sites is 3. The van der Waals surface area contributed by atoms with Crippen molar-refractivity contribution in [3.63, 3.8) is 0 Å². The molecule has 0 unspecified atom stereocenters. The highest BCUT2D eigenvalue weighted by Crippen LogP contribution is 2.34. The van der Waals surface area contributed by atoms with Gasteiger partial charge in [0.2, 0.25) is 5.91 Å². The average Bonchev–Trinajstić information content (AvgIpc) is 3.57. The van der Waals surface area contributed by atoms with E-state index in [9.17, 15) is 22.8 Å². The quantitative estimate of drug-likeness (QED) is 0.642. The lowest BCUT2D eigenvalue weighted by Crippen LogP contribution is -2.38. The molecule has 166 valence electrons. The van der Waals surface area contributed by atoms with E-state index in [0.29, 0.717) is 11.5 Å². The number of anilines is 1. The van der Waals surface area contributed by atoms with Crippen LogP contribution in [0.4, 0.5) is 18.9 Å². The maximum atomic E-state index is 13.1. The standard InChI is InChI=1S/C22H23F3N2O4/c1-30-18-8-4-5-9-19(18)31-14-21(29)27(15-10-11-15)13-12-20(28)26-17-7-3-2-6-16(17)22(23,24)25/h2-9,15H,10-14H2,1H3,(H,26,28). The van der Waals surface area contributed by atoms with Crippen molar-refractivity contribution in [2.24, 2.45) is 0 Å². The van der Waals surface area contributed by atoms with Crippen molar-refractivity contribution in [3.8, 4) is 11.5 Å². The van der Waals surface area contributed by atoms with Gasteiger partial charge in [-0.25, -0.2) is 0 Å². The molecule has 0 atom stereocenters. The Balaban J connectivity index is 1.56. The minimum absolute atomic E-state index is 0.0176. The fourth-order valence-corrected chi connectivity index (χ4v) is 3.13. The predicted molar refractivity (Wildman–Crippen MR) is 108 cm³/mol. The van der Waals surface area contributed by atoms with Gasteiger partial charge in [-0.3, -0.25) is 9.59 Å². The Morgan fingerprint density at radius 3 is 2.35 bits per heavy atom. The summed E-state index contributed by atoms with van der Waals surface area (Å²) in [7, 11) is 1.50. The van der Waals surface area contributed by atoms with Crippen LogP contribution in [-0.2, 0) is 15.8 Å². The minimum Gasteiger partial charge on any atom is -0.493 e. The summed E-state index contributed by atoms with van der Waals surface area (Å²) in [6.45, 7) is -0.131. The number of carbonyl (C=O) groups is 2. The highest BCUT2D eigenvalue weighted by Gasteiger charge is 2.35. The lowest BCUT2D eigenvalue weighted by atomic mass is 10.1. The van der Waals surface area contributed by atoms with Crippen molar-refractivity contribution < 1.29 is 32.2 Å². The Morgan fingerprint density at radius 2 is 1.71 bits per heavy atom. The van der Waals surface area contributed by atoms with Crippen molar-refractivity contribution in [1.29, 1.82) is 0 Å². The molecular weight excluding hydrogens is 413 g/mol. The van der Waals surface area contributed by atoms with Crippen molar-refractivity contribution in [2.45, 2.75) is 31.5 Å². The van der Waals surface area contributed by atoms with E-state index in [-0.39, 0.29) is 37.2 Å². The summed E-state index contributed by atoms with van der Waals surface area (Å²) in [6, 6.07) is 11.7. The molecule has 0 aliphatic heterocycles. The maximum Gasteiger partial charge on any atom is 0.418 e. The van der Waals surface area contributed by atoms with Gasteiger partial charge in [0.1, 0.15) is 0 Å². The number of halogens is 3. The number of rotatable bonds is 9. The molecule has 2 amide bonds. The molecule has 1 fully saturated rings. The van der Waals surface area contributed by atoms with Crippen molar-refractivity contribution in [1.82, 2.24) is 4.90 Å². The number of hydrogen-bond acceptors (Lipinski definition) is 4. The molecule has 2 aromatic rings. The van der Waals surface area contributed by atoms with E-state index in [1.54, 1.807) is 29.2 Å². The molecule has 1 aliphatic carbocycles. The molecule has 0 saturated heterocycles. The van der Waals surface area contributed by atoms with Crippen LogP contribution in [0.1, 0.15) is 24.8 Å². The van der Waals surface area contributed by atoms with Crippen LogP contribution in [-0.4, -0.2) is 43.0 Å². The Morgan fingerprint density at radius 1 is 1.06 bits per heavy atom. The van der Waals surface area contributed by atoms with Crippen molar-refractivity contribution >= 4 is 17.5 Å². The molecule has 9 heteroatoms. The molecular formula is C22H23F3N2O4. The van der Waals surface area contributed by atoms with Gasteiger partial charge in [0, 0.05) is 19.0 Å². The number of nitrogens with zero attached hydrogens (tertiary/aromatic N) is 1. The molecule has 0 spiro atoms. The Kier molecular flexibility index (Phi) is 7.04. The molecule has 6 nitrogen and oxygen atoms in total. The zero-order valence-corrected chi connectivity index (χ0v) is 16.9. The third-order valence-electron chi connectivity index (χ3n) is 4.81. The molecule has 0 heterocycles. The first-order valence-electron chi connectivity index (χ1n) is 9.81. The number of alkyl halides is 3. The first-order valence-corrected chi connectivity index (χ1v) is 9.81. The highest BCUT2D eigenvalue weighted by molar-refractivity contribution is 5.92. The smallest absolute Gasteiger partial charge is 0.418 e. The Labute approximate surface area is 177 Å². The Bertz CT molecular complexity index is 929. The summed E-state index contributed by atoms with van der Waals surface area (Å²) < 4.78 is 50.0. The number of nitrogens with one attached hydrogen (secondary N) is 1. The summed E-state index contributed by atoms with van der Waals surface area (Å²) in [6.07, 6.45) is -3.06. The zero-order valence-electron chi connectivity index (χ0n) is 16.9. The molecule has 0 bridgehead atoms. The highest BCUT2D eigenvalue weighted by atomic mass is 19.4. The van der Waals surface area contributed by atoms with Gasteiger partial charge in [0.15, 0.2) is 18.1 Å². The van der Waals surface area contributed by atoms with E-state index in [1.807, 2.05) is 0 Å². The lowest BCUT2D eigenvalue weighted by Gasteiger charge is -2.23. The molecule has 2 aromatic carbocycles. The topological polar surface area (TPSA) is 67.9 Å². The van der Waals surface area contributed by atoms with Gasteiger partial charge in [0.05, 0.1) is 18.4 Å². The Hall–Kier alpha value is -3.23. The molecule has 0 aromatic heterocycles. The van der Waals surface area contributed by atoms with Gasteiger partial charge >= 0.3 is 6.18 Å². The third-order valence-corrected chi connectivity index (χ3v) is 4.81. The predicted octanol–water partition coefficient (Wildman–Crippen LogP) is 4.11. The average molecular weight is 436 g/mol. The van der Waals surface area contributed by atoms with Crippen LogP contribution < -0.4 is 14.8 Å². The first kappa shape index (κ1) is 22.5. The molecule has 31 heavy (non-hydrogen) atoms. The first-order chi connectivity index (χ1) is 14.8. The lowest BCUT2D eigenvalue weighted by molar-refractivity contribution is -0.137. The third kappa shape index (κ3) is 6.13. The van der Waals surface area contributed by atoms with Gasteiger partial charge < -0.3 is 19.7 Å². The van der Waals surface area contributed by atoms with Gasteiger partial charge in [-0.15, -0.1) is 0 Å². The van der Waals surface area contributed by atoms with Crippen molar-refractivity contribution in [3.05, 3.63) is 54.1 Å². The van der Waals surface area contributed by atoms with E-state index in [1.165, 1.54) is 25.3 Å². The fourth-order valence-electron chi connectivity index (χ4n) is 3.13. The van der Waals surface area contributed by atoms with Gasteiger partial charge in [-0.1, -0.05) is 24.3 Å². The van der Waals surface area contributed by atoms with Crippen LogP contribution >= 0.6 is 0 Å². The number of carbonyl (C=O) groups excluding carboxylic acids is 2. The van der Waals surface area contributed by atoms with Gasteiger partial charge in [0.25, 0.3) is 5.91 Å². The van der Waals surface area contributed by atoms with Gasteiger partial charge in [-0.2, -0.15) is 13.2 Å². The molecule has 1 N–H and O–H groups in total. The second kappa shape index (κ2) is 9.72. The molecule has 0 radical (unpaired) electrons. The van der Waals surface area contributed by atoms with Crippen LogP contribution in [0.25, 0.3) is 0 Å². The van der Waals surface area contributed by atoms with Crippen LogP contribution in [0.3, 0.4) is 0 Å². The summed E-state index contributed by atoms with van der Waals surface area (Å²) in [5.74, 6) is 0.0317.